The fraction of sp³-hybridized carbons (Fsp3) is 0.500. The number of aromatic nitrogens is 2. The van der Waals surface area contributed by atoms with Gasteiger partial charge in [0.1, 0.15) is 0 Å². The van der Waals surface area contributed by atoms with Gasteiger partial charge in [0, 0.05) is 38.8 Å². The van der Waals surface area contributed by atoms with Crippen molar-refractivity contribution in [1.82, 2.24) is 20.1 Å². The van der Waals surface area contributed by atoms with Crippen LogP contribution in [-0.4, -0.2) is 77.3 Å². The van der Waals surface area contributed by atoms with E-state index in [-0.39, 0.29) is 29.2 Å². The highest BCUT2D eigenvalue weighted by Crippen LogP contribution is 2.46. The van der Waals surface area contributed by atoms with Gasteiger partial charge in [0.25, 0.3) is 0 Å². The molecule has 2 fully saturated rings. The highest BCUT2D eigenvalue weighted by molar-refractivity contribution is 5.95. The van der Waals surface area contributed by atoms with Crippen LogP contribution in [0.2, 0.25) is 0 Å². The van der Waals surface area contributed by atoms with Crippen LogP contribution in [0.4, 0.5) is 11.4 Å². The molecule has 10 heteroatoms. The second-order valence-electron chi connectivity index (χ2n) is 10.3. The van der Waals surface area contributed by atoms with Crippen LogP contribution in [0.15, 0.2) is 41.0 Å². The summed E-state index contributed by atoms with van der Waals surface area (Å²) in [6.07, 6.45) is 3.49. The highest BCUT2D eigenvalue weighted by Gasteiger charge is 2.46. The second kappa shape index (κ2) is 9.50. The minimum absolute atomic E-state index is 0.0223. The van der Waals surface area contributed by atoms with Crippen molar-refractivity contribution in [2.45, 2.75) is 44.2 Å². The van der Waals surface area contributed by atoms with Crippen LogP contribution in [-0.2, 0) is 4.79 Å². The number of nitro groups is 1. The summed E-state index contributed by atoms with van der Waals surface area (Å²) in [6, 6.07) is 12.9. The Morgan fingerprint density at radius 1 is 1.14 bits per heavy atom. The first-order valence-corrected chi connectivity index (χ1v) is 12.4. The van der Waals surface area contributed by atoms with Gasteiger partial charge in [-0.1, -0.05) is 29.8 Å². The predicted octanol–water partition coefficient (Wildman–Crippen LogP) is 3.60. The lowest BCUT2D eigenvalue weighted by atomic mass is 9.75. The van der Waals surface area contributed by atoms with Gasteiger partial charge in [0.05, 0.1) is 17.2 Å². The number of fused-ring (bicyclic) bond motifs is 3. The maximum Gasteiger partial charge on any atom is 0.300 e. The molecule has 2 aliphatic rings. The Balaban J connectivity index is 1.32. The van der Waals surface area contributed by atoms with Gasteiger partial charge in [-0.15, -0.1) is 0 Å². The van der Waals surface area contributed by atoms with Crippen molar-refractivity contribution in [3.63, 3.8) is 0 Å². The summed E-state index contributed by atoms with van der Waals surface area (Å²) in [5, 5.41) is 18.8. The summed E-state index contributed by atoms with van der Waals surface area (Å²) in [6.45, 7) is 2.89. The minimum atomic E-state index is -0.519. The number of amides is 1. The van der Waals surface area contributed by atoms with E-state index in [1.165, 1.54) is 23.6 Å². The third-order valence-corrected chi connectivity index (χ3v) is 8.20. The van der Waals surface area contributed by atoms with E-state index in [0.29, 0.717) is 36.2 Å². The molecule has 0 N–H and O–H groups in total. The molecule has 2 aromatic carbocycles. The van der Waals surface area contributed by atoms with E-state index in [0.717, 1.165) is 12.8 Å². The molecule has 2 unspecified atom stereocenters. The summed E-state index contributed by atoms with van der Waals surface area (Å²) in [7, 11) is 5.86. The summed E-state index contributed by atoms with van der Waals surface area (Å²) >= 11 is 0. The number of likely N-dealkylation sites (N-methyl/N-ethyl adjacent to an activating group) is 2. The van der Waals surface area contributed by atoms with Crippen LogP contribution in [0.25, 0.3) is 11.0 Å². The number of carbonyl (C=O) groups excluding carboxylic acids is 1. The van der Waals surface area contributed by atoms with Gasteiger partial charge in [0.15, 0.2) is 5.52 Å². The molecule has 2 aliphatic heterocycles. The number of piperidine rings is 1. The van der Waals surface area contributed by atoms with Crippen LogP contribution >= 0.6 is 0 Å². The lowest BCUT2D eigenvalue weighted by Gasteiger charge is -2.44. The number of aryl methyl sites for hydroxylation is 1. The van der Waals surface area contributed by atoms with Crippen LogP contribution in [0, 0.1) is 23.0 Å². The topological polar surface area (TPSA) is 109 Å². The van der Waals surface area contributed by atoms with Gasteiger partial charge >= 0.3 is 5.69 Å². The van der Waals surface area contributed by atoms with Gasteiger partial charge in [-0.2, -0.15) is 0 Å². The second-order valence-corrected chi connectivity index (χ2v) is 10.3. The first-order chi connectivity index (χ1) is 17.2. The lowest BCUT2D eigenvalue weighted by Crippen LogP contribution is -2.50. The van der Waals surface area contributed by atoms with Crippen LogP contribution in [0.3, 0.4) is 0 Å². The zero-order valence-electron chi connectivity index (χ0n) is 21.1. The van der Waals surface area contributed by atoms with Crippen molar-refractivity contribution >= 4 is 28.3 Å². The van der Waals surface area contributed by atoms with Crippen LogP contribution in [0.5, 0.6) is 0 Å². The molecule has 2 bridgehead atoms. The molecule has 5 rings (SSSR count). The number of hydrogen-bond donors (Lipinski definition) is 0. The van der Waals surface area contributed by atoms with E-state index in [9.17, 15) is 14.9 Å². The fourth-order valence-electron chi connectivity index (χ4n) is 6.15. The molecular formula is C26H32N6O4. The largest absolute Gasteiger partial charge is 0.363 e. The molecular weight excluding hydrogens is 460 g/mol. The standard InChI is InChI=1S/C26H32N6O4/c1-16-5-7-17(8-6-16)19-13-18-9-10-21(31(18)4)20(19)14-30(3)24(33)15-29(2)22-11-12-23(32(34)35)26-25(22)27-36-28-26/h5-8,11-12,18-21H,9-10,13-15H2,1-4H3/t18-,19-,20?,21?/m1/s1. The van der Waals surface area contributed by atoms with E-state index < -0.39 is 4.92 Å². The van der Waals surface area contributed by atoms with Crippen molar-refractivity contribution in [3.05, 3.63) is 57.6 Å². The summed E-state index contributed by atoms with van der Waals surface area (Å²) < 4.78 is 4.77. The number of hydrogen-bond acceptors (Lipinski definition) is 8. The van der Waals surface area contributed by atoms with Crippen molar-refractivity contribution in [1.29, 1.82) is 0 Å². The Morgan fingerprint density at radius 3 is 2.58 bits per heavy atom. The first-order valence-electron chi connectivity index (χ1n) is 12.4. The third kappa shape index (κ3) is 4.30. The first kappa shape index (κ1) is 24.2. The van der Waals surface area contributed by atoms with Crippen molar-refractivity contribution in [2.24, 2.45) is 5.92 Å². The minimum Gasteiger partial charge on any atom is -0.363 e. The summed E-state index contributed by atoms with van der Waals surface area (Å²) in [5.74, 6) is 0.746. The smallest absolute Gasteiger partial charge is 0.300 e. The molecule has 0 spiro atoms. The van der Waals surface area contributed by atoms with E-state index in [1.54, 1.807) is 18.0 Å². The normalized spacial score (nSPS) is 23.7. The molecule has 3 aromatic rings. The van der Waals surface area contributed by atoms with Crippen molar-refractivity contribution in [2.75, 3.05) is 39.1 Å². The molecule has 0 aliphatic carbocycles. The molecule has 0 radical (unpaired) electrons. The van der Waals surface area contributed by atoms with Crippen molar-refractivity contribution < 1.29 is 14.3 Å². The SMILES string of the molecule is Cc1ccc([C@H]2C[C@H]3CCC(C2CN(C)C(=O)CN(C)c2ccc([N+](=O)[O-])c4nonc24)N3C)cc1. The van der Waals surface area contributed by atoms with Crippen molar-refractivity contribution in [3.8, 4) is 0 Å². The number of benzene rings is 2. The summed E-state index contributed by atoms with van der Waals surface area (Å²) in [5.41, 5.74) is 3.35. The van der Waals surface area contributed by atoms with E-state index in [4.69, 9.17) is 4.63 Å². The monoisotopic (exact) mass is 492 g/mol. The Labute approximate surface area is 209 Å². The van der Waals surface area contributed by atoms with Gasteiger partial charge in [-0.25, -0.2) is 4.63 Å². The van der Waals surface area contributed by atoms with Gasteiger partial charge in [-0.05, 0) is 67.0 Å². The van der Waals surface area contributed by atoms with Crippen LogP contribution < -0.4 is 4.90 Å². The molecule has 0 saturated carbocycles. The molecule has 3 heterocycles. The Kier molecular flexibility index (Phi) is 6.38. The highest BCUT2D eigenvalue weighted by atomic mass is 16.6. The molecule has 10 nitrogen and oxygen atoms in total. The van der Waals surface area contributed by atoms with Gasteiger partial charge in [-0.3, -0.25) is 14.9 Å². The number of carbonyl (C=O) groups is 1. The average molecular weight is 493 g/mol. The number of non-ortho nitro benzene ring substituents is 1. The maximum atomic E-state index is 13.3. The Bertz CT molecular complexity index is 1280. The maximum absolute atomic E-state index is 13.3. The Hall–Kier alpha value is -3.53. The molecule has 1 amide bonds. The lowest BCUT2D eigenvalue weighted by molar-refractivity contribution is -0.383. The molecule has 1 aromatic heterocycles. The average Bonchev–Trinajstić information content (AvgIpc) is 3.43. The zero-order valence-corrected chi connectivity index (χ0v) is 21.1. The number of anilines is 1. The Morgan fingerprint density at radius 2 is 1.86 bits per heavy atom. The number of rotatable bonds is 7. The van der Waals surface area contributed by atoms with Gasteiger partial charge < -0.3 is 14.7 Å². The quantitative estimate of drug-likeness (QED) is 0.364. The zero-order chi connectivity index (χ0) is 25.6. The van der Waals surface area contributed by atoms with Gasteiger partial charge in [0.2, 0.25) is 11.4 Å². The van der Waals surface area contributed by atoms with Crippen LogP contribution in [0.1, 0.15) is 36.3 Å². The summed E-state index contributed by atoms with van der Waals surface area (Å²) in [4.78, 5) is 30.2. The molecule has 190 valence electrons. The molecule has 36 heavy (non-hydrogen) atoms. The van der Waals surface area contributed by atoms with E-state index in [1.807, 2.05) is 11.9 Å². The predicted molar refractivity (Wildman–Crippen MR) is 136 cm³/mol. The number of nitrogens with zero attached hydrogens (tertiary/aromatic N) is 6. The fourth-order valence-corrected chi connectivity index (χ4v) is 6.15. The molecule has 4 atom stereocenters. The van der Waals surface area contributed by atoms with E-state index in [2.05, 4.69) is 53.5 Å². The molecule has 2 saturated heterocycles. The number of nitro benzene ring substituents is 1. The van der Waals surface area contributed by atoms with E-state index >= 15 is 0 Å². The third-order valence-electron chi connectivity index (χ3n) is 8.20.